The Labute approximate surface area is 254 Å². The number of anilines is 1. The predicted octanol–water partition coefficient (Wildman–Crippen LogP) is 2.48. The fourth-order valence-corrected chi connectivity index (χ4v) is 7.05. The highest BCUT2D eigenvalue weighted by Gasteiger charge is 2.57. The molecule has 3 heterocycles. The minimum Gasteiger partial charge on any atom is -0.461 e. The van der Waals surface area contributed by atoms with E-state index in [1.165, 1.54) is 17.8 Å². The van der Waals surface area contributed by atoms with Crippen LogP contribution in [0.5, 0.6) is 5.75 Å². The van der Waals surface area contributed by atoms with Gasteiger partial charge in [0.1, 0.15) is 48.1 Å². The van der Waals surface area contributed by atoms with E-state index in [0.29, 0.717) is 17.1 Å². The second-order valence-corrected chi connectivity index (χ2v) is 13.3. The van der Waals surface area contributed by atoms with Gasteiger partial charge in [-0.25, -0.2) is 14.1 Å². The Kier molecular flexibility index (Phi) is 8.48. The van der Waals surface area contributed by atoms with Crippen molar-refractivity contribution >= 4 is 31.8 Å². The third-order valence-corrected chi connectivity index (χ3v) is 10.1. The number of aliphatic hydroxyl groups is 2. The summed E-state index contributed by atoms with van der Waals surface area (Å²) in [5.41, 5.74) is 6.37. The van der Waals surface area contributed by atoms with Crippen LogP contribution in [0.2, 0.25) is 0 Å². The molecule has 1 saturated heterocycles. The maximum absolute atomic E-state index is 14.1. The maximum atomic E-state index is 14.1. The van der Waals surface area contributed by atoms with E-state index in [-0.39, 0.29) is 24.2 Å². The number of carbonyl (C=O) groups excluding carboxylic acids is 1. The molecule has 236 valence electrons. The number of nitrogens with two attached hydrogens (primary N) is 1. The maximum Gasteiger partial charge on any atom is 0.459 e. The number of nitrogen functional groups attached to an aromatic ring is 1. The van der Waals surface area contributed by atoms with Crippen molar-refractivity contribution in [3.8, 4) is 5.75 Å². The lowest BCUT2D eigenvalue weighted by atomic mass is 9.91. The van der Waals surface area contributed by atoms with Gasteiger partial charge in [-0.1, -0.05) is 12.1 Å². The van der Waals surface area contributed by atoms with Gasteiger partial charge in [-0.15, -0.1) is 0 Å². The molecule has 3 fully saturated rings. The summed E-state index contributed by atoms with van der Waals surface area (Å²) in [6.45, 7) is 4.43. The molecule has 2 aliphatic carbocycles. The molecule has 14 nitrogen and oxygen atoms in total. The highest BCUT2D eigenvalue weighted by Crippen LogP contribution is 2.48. The Morgan fingerprint density at radius 1 is 1.25 bits per heavy atom. The van der Waals surface area contributed by atoms with Gasteiger partial charge < -0.3 is 29.9 Å². The van der Waals surface area contributed by atoms with Crippen LogP contribution in [0.4, 0.5) is 5.82 Å². The number of aliphatic hydroxyl groups excluding tert-OH is 2. The van der Waals surface area contributed by atoms with Crippen LogP contribution in [0, 0.1) is 0 Å². The topological polar surface area (TPSA) is 192 Å². The van der Waals surface area contributed by atoms with Crippen molar-refractivity contribution in [3.63, 3.8) is 0 Å². The second-order valence-electron chi connectivity index (χ2n) is 11.6. The van der Waals surface area contributed by atoms with E-state index in [1.807, 2.05) is 12.1 Å². The highest BCUT2D eigenvalue weighted by molar-refractivity contribution is 7.52. The zero-order valence-corrected chi connectivity index (χ0v) is 25.2. The molecule has 2 saturated carbocycles. The van der Waals surface area contributed by atoms with E-state index in [2.05, 4.69) is 26.9 Å². The monoisotopic (exact) mass is 628 g/mol. The Balaban J connectivity index is 1.22. The summed E-state index contributed by atoms with van der Waals surface area (Å²) < 4.78 is 39.0. The molecule has 6 rings (SSSR count). The molecule has 3 aromatic rings. The van der Waals surface area contributed by atoms with Crippen LogP contribution < -0.4 is 15.3 Å². The van der Waals surface area contributed by atoms with Gasteiger partial charge >= 0.3 is 13.7 Å². The van der Waals surface area contributed by atoms with Crippen LogP contribution in [0.1, 0.15) is 56.2 Å². The number of nitrogens with one attached hydrogen (secondary N) is 1. The molecule has 0 amide bonds. The third kappa shape index (κ3) is 5.97. The van der Waals surface area contributed by atoms with Crippen molar-refractivity contribution in [2.45, 2.75) is 81.0 Å². The summed E-state index contributed by atoms with van der Waals surface area (Å²) in [5, 5.41) is 29.3. The Bertz CT molecular complexity index is 1560. The van der Waals surface area contributed by atoms with Crippen LogP contribution in [-0.2, 0) is 29.0 Å². The molecule has 0 bridgehead atoms. The van der Waals surface area contributed by atoms with Crippen LogP contribution >= 0.6 is 7.75 Å². The van der Waals surface area contributed by atoms with Gasteiger partial charge in [-0.2, -0.15) is 10.2 Å². The summed E-state index contributed by atoms with van der Waals surface area (Å²) in [7, 11) is -4.27. The number of carbonyl (C=O) groups is 1. The summed E-state index contributed by atoms with van der Waals surface area (Å²) in [6, 6.07) is 9.46. The van der Waals surface area contributed by atoms with Gasteiger partial charge in [-0.3, -0.25) is 14.3 Å². The lowest BCUT2D eigenvalue weighted by Gasteiger charge is -2.30. The van der Waals surface area contributed by atoms with E-state index >= 15 is 0 Å². The molecular formula is C29H37N6O8P. The smallest absolute Gasteiger partial charge is 0.459 e. The standard InChI is InChI=1S/C29H37N6O8P/c1-17(28(38)41-20-4-3-5-20)34-44(39,43-21-10-8-19(9-11-21)18-6-7-18)40-14-23-25(36)26(37)29(42-23,15-31-2)24-13-12-22-27(30)32-16-33-35(22)24/h8-13,16-18,20,23,25-26,36-37H,2-7,14-15H2,1H3,(H,34,39)(H2,30,32,33)/t17-,23+,25+,26+,29-,44?/m0/s1. The number of rotatable bonds is 13. The van der Waals surface area contributed by atoms with Crippen molar-refractivity contribution in [1.29, 1.82) is 0 Å². The van der Waals surface area contributed by atoms with Gasteiger partial charge in [0.2, 0.25) is 0 Å². The molecule has 1 unspecified atom stereocenters. The van der Waals surface area contributed by atoms with Crippen molar-refractivity contribution in [1.82, 2.24) is 19.7 Å². The number of benzene rings is 1. The first-order valence-electron chi connectivity index (χ1n) is 14.7. The van der Waals surface area contributed by atoms with E-state index in [1.54, 1.807) is 24.3 Å². The minimum absolute atomic E-state index is 0.151. The lowest BCUT2D eigenvalue weighted by molar-refractivity contribution is -0.154. The number of aliphatic imine (C=N–C) groups is 1. The number of ether oxygens (including phenoxy) is 2. The minimum atomic E-state index is -4.27. The molecule has 0 radical (unpaired) electrons. The van der Waals surface area contributed by atoms with Gasteiger partial charge in [0, 0.05) is 0 Å². The summed E-state index contributed by atoms with van der Waals surface area (Å²) >= 11 is 0. The van der Waals surface area contributed by atoms with Gasteiger partial charge in [0.05, 0.1) is 18.8 Å². The molecule has 1 aliphatic heterocycles. The number of aromatic nitrogens is 3. The zero-order chi connectivity index (χ0) is 31.1. The Hall–Kier alpha value is -3.39. The van der Waals surface area contributed by atoms with Crippen molar-refractivity contribution in [3.05, 3.63) is 54.0 Å². The average Bonchev–Trinajstić information content (AvgIpc) is 3.69. The predicted molar refractivity (Wildman–Crippen MR) is 159 cm³/mol. The van der Waals surface area contributed by atoms with E-state index in [4.69, 9.17) is 24.3 Å². The first-order valence-corrected chi connectivity index (χ1v) is 16.2. The molecular weight excluding hydrogens is 591 g/mol. The number of esters is 1. The van der Waals surface area contributed by atoms with Crippen molar-refractivity contribution < 1.29 is 38.1 Å². The zero-order valence-electron chi connectivity index (χ0n) is 24.3. The van der Waals surface area contributed by atoms with Crippen LogP contribution in [0.25, 0.3) is 5.52 Å². The fraction of sp³-hybridized carbons (Fsp3) is 0.517. The summed E-state index contributed by atoms with van der Waals surface area (Å²) in [4.78, 5) is 20.7. The van der Waals surface area contributed by atoms with Gasteiger partial charge in [0.25, 0.3) is 0 Å². The number of nitrogens with zero attached hydrogens (tertiary/aromatic N) is 4. The molecule has 3 aliphatic rings. The average molecular weight is 629 g/mol. The molecule has 0 spiro atoms. The lowest BCUT2D eigenvalue weighted by Crippen LogP contribution is -2.44. The number of hydrogen-bond acceptors (Lipinski definition) is 12. The van der Waals surface area contributed by atoms with Crippen molar-refractivity contribution in [2.75, 3.05) is 18.9 Å². The largest absolute Gasteiger partial charge is 0.461 e. The van der Waals surface area contributed by atoms with Crippen LogP contribution in [0.3, 0.4) is 0 Å². The normalized spacial score (nSPS) is 27.4. The molecule has 6 atom stereocenters. The van der Waals surface area contributed by atoms with Crippen LogP contribution in [0.15, 0.2) is 47.7 Å². The first kappa shape index (κ1) is 30.6. The van der Waals surface area contributed by atoms with E-state index < -0.39 is 50.3 Å². The fourth-order valence-electron chi connectivity index (χ4n) is 5.55. The second kappa shape index (κ2) is 12.2. The Morgan fingerprint density at radius 3 is 2.66 bits per heavy atom. The van der Waals surface area contributed by atoms with Crippen LogP contribution in [-0.4, -0.2) is 81.1 Å². The van der Waals surface area contributed by atoms with Gasteiger partial charge in [0.15, 0.2) is 11.4 Å². The number of hydrogen-bond donors (Lipinski definition) is 4. The SMILES string of the molecule is C=NC[C@@]1(c2ccc3c(N)ncnn23)O[C@H](COP(=O)(N[C@@H](C)C(=O)OC2CCC2)Oc2ccc(C3CC3)cc2)[C@@H](O)[C@H]1O. The Morgan fingerprint density at radius 2 is 2.00 bits per heavy atom. The van der Waals surface area contributed by atoms with Crippen molar-refractivity contribution in [2.24, 2.45) is 4.99 Å². The highest BCUT2D eigenvalue weighted by atomic mass is 31.2. The number of fused-ring (bicyclic) bond motifs is 1. The third-order valence-electron chi connectivity index (χ3n) is 8.41. The first-order chi connectivity index (χ1) is 21.1. The molecule has 15 heteroatoms. The molecule has 2 aromatic heterocycles. The quantitative estimate of drug-likeness (QED) is 0.123. The van der Waals surface area contributed by atoms with E-state index in [0.717, 1.165) is 37.7 Å². The molecule has 1 aromatic carbocycles. The summed E-state index contributed by atoms with van der Waals surface area (Å²) in [5.74, 6) is 0.404. The van der Waals surface area contributed by atoms with E-state index in [9.17, 15) is 19.6 Å². The summed E-state index contributed by atoms with van der Waals surface area (Å²) in [6.07, 6.45) is 1.71. The van der Waals surface area contributed by atoms with Gasteiger partial charge in [-0.05, 0) is 81.5 Å². The molecule has 44 heavy (non-hydrogen) atoms. The molecule has 5 N–H and O–H groups in total.